The molecule has 0 unspecified atom stereocenters. The van der Waals surface area contributed by atoms with Crippen LogP contribution in [0.25, 0.3) is 6.08 Å². The van der Waals surface area contributed by atoms with Gasteiger partial charge in [0.05, 0.1) is 12.5 Å². The first-order valence-electron chi connectivity index (χ1n) is 4.56. The molecule has 0 atom stereocenters. The van der Waals surface area contributed by atoms with Crippen LogP contribution in [0, 0.1) is 11.3 Å². The lowest BCUT2D eigenvalue weighted by Gasteiger charge is -1.94. The molecule has 1 aromatic heterocycles. The molecule has 0 aliphatic rings. The highest BCUT2D eigenvalue weighted by Crippen LogP contribution is 2.04. The van der Waals surface area contributed by atoms with E-state index in [4.69, 9.17) is 5.26 Å². The quantitative estimate of drug-likeness (QED) is 0.690. The Balaban J connectivity index is 2.54. The number of nitriles is 1. The van der Waals surface area contributed by atoms with Gasteiger partial charge in [-0.25, -0.2) is 0 Å². The van der Waals surface area contributed by atoms with Crippen LogP contribution < -0.4 is 0 Å². The third-order valence-corrected chi connectivity index (χ3v) is 1.80. The molecular formula is C11H14N2. The van der Waals surface area contributed by atoms with Crippen LogP contribution in [-0.2, 0) is 6.54 Å². The van der Waals surface area contributed by atoms with Crippen molar-refractivity contribution in [2.45, 2.75) is 26.3 Å². The summed E-state index contributed by atoms with van der Waals surface area (Å²) in [6, 6.07) is 4.19. The molecule has 0 radical (unpaired) electrons. The van der Waals surface area contributed by atoms with Crippen molar-refractivity contribution >= 4 is 6.08 Å². The third-order valence-electron chi connectivity index (χ3n) is 1.80. The van der Waals surface area contributed by atoms with Crippen LogP contribution in [0.4, 0.5) is 0 Å². The number of hydrogen-bond acceptors (Lipinski definition) is 1. The number of aryl methyl sites for hydroxylation is 1. The van der Waals surface area contributed by atoms with Crippen LogP contribution in [-0.4, -0.2) is 4.57 Å². The smallest absolute Gasteiger partial charge is 0.0640 e. The molecule has 0 spiro atoms. The first-order valence-corrected chi connectivity index (χ1v) is 4.56. The number of aromatic nitrogens is 1. The van der Waals surface area contributed by atoms with Gasteiger partial charge >= 0.3 is 0 Å². The third kappa shape index (κ3) is 3.16. The molecule has 1 aromatic rings. The maximum absolute atomic E-state index is 8.40. The van der Waals surface area contributed by atoms with E-state index in [1.165, 1.54) is 5.56 Å². The van der Waals surface area contributed by atoms with E-state index in [1.54, 1.807) is 0 Å². The fourth-order valence-corrected chi connectivity index (χ4v) is 1.13. The second-order valence-electron chi connectivity index (χ2n) is 2.90. The van der Waals surface area contributed by atoms with Gasteiger partial charge in [-0.1, -0.05) is 19.1 Å². The van der Waals surface area contributed by atoms with Gasteiger partial charge in [-0.3, -0.25) is 0 Å². The molecule has 0 saturated heterocycles. The Labute approximate surface area is 79.1 Å². The molecule has 0 fully saturated rings. The van der Waals surface area contributed by atoms with E-state index < -0.39 is 0 Å². The zero-order valence-electron chi connectivity index (χ0n) is 7.90. The van der Waals surface area contributed by atoms with Gasteiger partial charge < -0.3 is 4.57 Å². The lowest BCUT2D eigenvalue weighted by molar-refractivity contribution is 0.720. The summed E-state index contributed by atoms with van der Waals surface area (Å²) in [6.45, 7) is 2.90. The van der Waals surface area contributed by atoms with Gasteiger partial charge in [0.1, 0.15) is 0 Å². The monoisotopic (exact) mass is 174 g/mol. The predicted molar refractivity (Wildman–Crippen MR) is 54.0 cm³/mol. The Morgan fingerprint density at radius 2 is 2.46 bits per heavy atom. The van der Waals surface area contributed by atoms with E-state index in [0.29, 0.717) is 6.42 Å². The summed E-state index contributed by atoms with van der Waals surface area (Å²) in [4.78, 5) is 0. The van der Waals surface area contributed by atoms with Crippen LogP contribution in [0.1, 0.15) is 25.3 Å². The molecule has 2 nitrogen and oxygen atoms in total. The summed E-state index contributed by atoms with van der Waals surface area (Å²) in [7, 11) is 0. The van der Waals surface area contributed by atoms with Gasteiger partial charge in [-0.05, 0) is 18.1 Å². The zero-order valence-corrected chi connectivity index (χ0v) is 7.90. The Bertz CT molecular complexity index is 315. The van der Waals surface area contributed by atoms with Crippen molar-refractivity contribution in [2.75, 3.05) is 0 Å². The van der Waals surface area contributed by atoms with Crippen LogP contribution >= 0.6 is 0 Å². The number of nitrogens with zero attached hydrogens (tertiary/aromatic N) is 2. The summed E-state index contributed by atoms with van der Waals surface area (Å²) in [5, 5.41) is 8.40. The maximum Gasteiger partial charge on any atom is 0.0640 e. The SMILES string of the molecule is CC/C=C/c1ccn(CCC#N)c1. The standard InChI is InChI=1S/C11H14N2/c1-2-3-5-11-6-9-13(10-11)8-4-7-12/h3,5-6,9-10H,2,4,8H2,1H3/b5-3+. The van der Waals surface area contributed by atoms with Crippen molar-refractivity contribution in [1.82, 2.24) is 4.57 Å². The van der Waals surface area contributed by atoms with Gasteiger partial charge in [0, 0.05) is 18.9 Å². The summed E-state index contributed by atoms with van der Waals surface area (Å²) in [5.74, 6) is 0. The van der Waals surface area contributed by atoms with Gasteiger partial charge in [0.15, 0.2) is 0 Å². The average molecular weight is 174 g/mol. The van der Waals surface area contributed by atoms with E-state index in [1.807, 2.05) is 10.8 Å². The van der Waals surface area contributed by atoms with Gasteiger partial charge in [-0.15, -0.1) is 0 Å². The molecule has 0 aliphatic carbocycles. The van der Waals surface area contributed by atoms with Gasteiger partial charge in [-0.2, -0.15) is 5.26 Å². The minimum absolute atomic E-state index is 0.575. The molecule has 68 valence electrons. The predicted octanol–water partition coefficient (Wildman–Crippen LogP) is 2.82. The molecule has 0 bridgehead atoms. The molecule has 0 N–H and O–H groups in total. The highest BCUT2D eigenvalue weighted by Gasteiger charge is 1.91. The van der Waals surface area contributed by atoms with Crippen LogP contribution in [0.3, 0.4) is 0 Å². The molecular weight excluding hydrogens is 160 g/mol. The average Bonchev–Trinajstić information content (AvgIpc) is 2.59. The Morgan fingerprint density at radius 3 is 3.15 bits per heavy atom. The number of allylic oxidation sites excluding steroid dienone is 1. The van der Waals surface area contributed by atoms with Gasteiger partial charge in [0.25, 0.3) is 0 Å². The highest BCUT2D eigenvalue weighted by molar-refractivity contribution is 5.47. The van der Waals surface area contributed by atoms with Crippen LogP contribution in [0.5, 0.6) is 0 Å². The molecule has 13 heavy (non-hydrogen) atoms. The van der Waals surface area contributed by atoms with E-state index in [0.717, 1.165) is 13.0 Å². The first-order chi connectivity index (χ1) is 6.36. The topological polar surface area (TPSA) is 28.7 Å². The van der Waals surface area contributed by atoms with E-state index in [9.17, 15) is 0 Å². The summed E-state index contributed by atoms with van der Waals surface area (Å²) in [5.41, 5.74) is 1.21. The molecule has 0 amide bonds. The molecule has 1 rings (SSSR count). The van der Waals surface area contributed by atoms with Crippen molar-refractivity contribution < 1.29 is 0 Å². The van der Waals surface area contributed by atoms with Crippen molar-refractivity contribution in [1.29, 1.82) is 5.26 Å². The normalized spacial score (nSPS) is 10.5. The molecule has 0 aromatic carbocycles. The van der Waals surface area contributed by atoms with Crippen LogP contribution in [0.2, 0.25) is 0 Å². The van der Waals surface area contributed by atoms with E-state index in [-0.39, 0.29) is 0 Å². The molecule has 0 aliphatic heterocycles. The van der Waals surface area contributed by atoms with Crippen molar-refractivity contribution in [3.8, 4) is 6.07 Å². The lowest BCUT2D eigenvalue weighted by atomic mass is 10.3. The van der Waals surface area contributed by atoms with E-state index >= 15 is 0 Å². The fraction of sp³-hybridized carbons (Fsp3) is 0.364. The molecule has 0 saturated carbocycles. The summed E-state index contributed by atoms with van der Waals surface area (Å²) in [6.07, 6.45) is 9.93. The number of rotatable bonds is 4. The first kappa shape index (κ1) is 9.60. The van der Waals surface area contributed by atoms with Crippen molar-refractivity contribution in [2.24, 2.45) is 0 Å². The molecule has 1 heterocycles. The Morgan fingerprint density at radius 1 is 1.62 bits per heavy atom. The largest absolute Gasteiger partial charge is 0.353 e. The minimum atomic E-state index is 0.575. The van der Waals surface area contributed by atoms with Crippen LogP contribution in [0.15, 0.2) is 24.5 Å². The van der Waals surface area contributed by atoms with Crippen molar-refractivity contribution in [3.63, 3.8) is 0 Å². The maximum atomic E-state index is 8.40. The van der Waals surface area contributed by atoms with Gasteiger partial charge in [0.2, 0.25) is 0 Å². The number of hydrogen-bond donors (Lipinski definition) is 0. The Hall–Kier alpha value is -1.49. The zero-order chi connectivity index (χ0) is 9.52. The second-order valence-corrected chi connectivity index (χ2v) is 2.90. The summed E-state index contributed by atoms with van der Waals surface area (Å²) < 4.78 is 2.04. The highest BCUT2D eigenvalue weighted by atomic mass is 14.9. The summed E-state index contributed by atoms with van der Waals surface area (Å²) >= 11 is 0. The second kappa shape index (κ2) is 5.21. The molecule has 2 heteroatoms. The Kier molecular flexibility index (Phi) is 3.84. The van der Waals surface area contributed by atoms with Crippen molar-refractivity contribution in [3.05, 3.63) is 30.1 Å². The lowest BCUT2D eigenvalue weighted by Crippen LogP contribution is -1.91. The minimum Gasteiger partial charge on any atom is -0.353 e. The fourth-order valence-electron chi connectivity index (χ4n) is 1.13. The van der Waals surface area contributed by atoms with E-state index in [2.05, 4.69) is 37.4 Å².